The lowest BCUT2D eigenvalue weighted by Crippen LogP contribution is -1.92. The molecule has 0 spiro atoms. The fraction of sp³-hybridized carbons (Fsp3) is 0.125. The van der Waals surface area contributed by atoms with Crippen LogP contribution in [0.25, 0.3) is 0 Å². The molecule has 1 aromatic carbocycles. The van der Waals surface area contributed by atoms with Crippen molar-refractivity contribution in [3.63, 3.8) is 0 Å². The van der Waals surface area contributed by atoms with Crippen molar-refractivity contribution >= 4 is 21.6 Å². The lowest BCUT2D eigenvalue weighted by molar-refractivity contribution is 0.415. The van der Waals surface area contributed by atoms with Crippen LogP contribution in [0.15, 0.2) is 16.6 Å². The number of methoxy groups -OCH3 is 1. The minimum Gasteiger partial charge on any atom is -0.497 e. The monoisotopic (exact) mass is 226 g/mol. The van der Waals surface area contributed by atoms with Crippen molar-refractivity contribution in [1.29, 1.82) is 5.26 Å². The Hall–Kier alpha value is -1.21. The number of hydrogen-bond donors (Lipinski definition) is 1. The highest BCUT2D eigenvalue weighted by molar-refractivity contribution is 9.10. The highest BCUT2D eigenvalue weighted by Crippen LogP contribution is 2.28. The van der Waals surface area contributed by atoms with Crippen molar-refractivity contribution in [1.82, 2.24) is 0 Å². The second-order valence-electron chi connectivity index (χ2n) is 2.19. The van der Waals surface area contributed by atoms with Crippen LogP contribution in [-0.4, -0.2) is 7.11 Å². The summed E-state index contributed by atoms with van der Waals surface area (Å²) in [5, 5.41) is 8.67. The average molecular weight is 227 g/mol. The third-order valence-electron chi connectivity index (χ3n) is 1.43. The van der Waals surface area contributed by atoms with Crippen molar-refractivity contribution in [2.45, 2.75) is 0 Å². The quantitative estimate of drug-likeness (QED) is 0.745. The predicted molar refractivity (Wildman–Crippen MR) is 49.8 cm³/mol. The number of anilines is 1. The molecule has 0 aromatic heterocycles. The Morgan fingerprint density at radius 2 is 2.25 bits per heavy atom. The van der Waals surface area contributed by atoms with Crippen LogP contribution in [0.2, 0.25) is 0 Å². The fourth-order valence-electron chi connectivity index (χ4n) is 0.819. The number of halogens is 1. The van der Waals surface area contributed by atoms with E-state index in [2.05, 4.69) is 15.9 Å². The third-order valence-corrected chi connectivity index (χ3v) is 2.32. The second kappa shape index (κ2) is 3.46. The molecule has 2 N–H and O–H groups in total. The molecule has 1 aromatic rings. The van der Waals surface area contributed by atoms with Gasteiger partial charge in [-0.05, 0) is 22.0 Å². The first-order chi connectivity index (χ1) is 5.69. The molecule has 0 unspecified atom stereocenters. The van der Waals surface area contributed by atoms with Gasteiger partial charge in [0.05, 0.1) is 22.8 Å². The topological polar surface area (TPSA) is 59.0 Å². The molecule has 0 radical (unpaired) electrons. The first-order valence-corrected chi connectivity index (χ1v) is 4.01. The highest BCUT2D eigenvalue weighted by Gasteiger charge is 2.05. The average Bonchev–Trinajstić information content (AvgIpc) is 2.09. The van der Waals surface area contributed by atoms with E-state index in [1.165, 1.54) is 7.11 Å². The molecule has 4 heteroatoms. The lowest BCUT2D eigenvalue weighted by Gasteiger charge is -2.04. The molecular formula is C8H7BrN2O. The minimum atomic E-state index is 0.479. The summed E-state index contributed by atoms with van der Waals surface area (Å²) in [6.45, 7) is 0. The fourth-order valence-corrected chi connectivity index (χ4v) is 1.14. The zero-order chi connectivity index (χ0) is 9.14. The maximum Gasteiger partial charge on any atom is 0.122 e. The minimum absolute atomic E-state index is 0.479. The van der Waals surface area contributed by atoms with Gasteiger partial charge in [0.15, 0.2) is 0 Å². The van der Waals surface area contributed by atoms with E-state index in [9.17, 15) is 0 Å². The van der Waals surface area contributed by atoms with Crippen LogP contribution in [0, 0.1) is 11.3 Å². The van der Waals surface area contributed by atoms with Crippen LogP contribution in [0.1, 0.15) is 5.56 Å². The summed E-state index contributed by atoms with van der Waals surface area (Å²) >= 11 is 3.20. The first kappa shape index (κ1) is 8.88. The molecule has 1 rings (SSSR count). The number of hydrogen-bond acceptors (Lipinski definition) is 3. The van der Waals surface area contributed by atoms with Crippen molar-refractivity contribution in [3.05, 3.63) is 22.2 Å². The maximum atomic E-state index is 8.67. The van der Waals surface area contributed by atoms with Gasteiger partial charge in [-0.1, -0.05) is 0 Å². The Labute approximate surface area is 78.9 Å². The predicted octanol–water partition coefficient (Wildman–Crippen LogP) is 1.91. The largest absolute Gasteiger partial charge is 0.497 e. The number of nitrogens with two attached hydrogens (primary N) is 1. The van der Waals surface area contributed by atoms with E-state index < -0.39 is 0 Å². The van der Waals surface area contributed by atoms with E-state index in [1.807, 2.05) is 6.07 Å². The Balaban J connectivity index is 3.31. The first-order valence-electron chi connectivity index (χ1n) is 3.22. The lowest BCUT2D eigenvalue weighted by atomic mass is 10.2. The number of nitrogen functional groups attached to an aromatic ring is 1. The van der Waals surface area contributed by atoms with Crippen LogP contribution in [0.3, 0.4) is 0 Å². The molecular weight excluding hydrogens is 220 g/mol. The Morgan fingerprint density at radius 3 is 2.75 bits per heavy atom. The molecule has 0 saturated heterocycles. The van der Waals surface area contributed by atoms with Crippen LogP contribution in [0.4, 0.5) is 5.69 Å². The van der Waals surface area contributed by atoms with Gasteiger partial charge in [-0.2, -0.15) is 5.26 Å². The van der Waals surface area contributed by atoms with Gasteiger partial charge in [0.1, 0.15) is 11.8 Å². The Bertz CT molecular complexity index is 344. The van der Waals surface area contributed by atoms with E-state index in [-0.39, 0.29) is 0 Å². The van der Waals surface area contributed by atoms with Gasteiger partial charge >= 0.3 is 0 Å². The highest BCUT2D eigenvalue weighted by atomic mass is 79.9. The Morgan fingerprint density at radius 1 is 1.58 bits per heavy atom. The molecule has 0 saturated carbocycles. The van der Waals surface area contributed by atoms with Crippen molar-refractivity contribution in [2.75, 3.05) is 12.8 Å². The molecule has 0 aliphatic rings. The molecule has 0 heterocycles. The van der Waals surface area contributed by atoms with Crippen LogP contribution >= 0.6 is 15.9 Å². The van der Waals surface area contributed by atoms with E-state index in [1.54, 1.807) is 12.1 Å². The molecule has 0 atom stereocenters. The number of nitriles is 1. The third kappa shape index (κ3) is 1.51. The van der Waals surface area contributed by atoms with Gasteiger partial charge in [-0.25, -0.2) is 0 Å². The van der Waals surface area contributed by atoms with Gasteiger partial charge < -0.3 is 10.5 Å². The zero-order valence-corrected chi connectivity index (χ0v) is 8.05. The van der Waals surface area contributed by atoms with E-state index in [0.29, 0.717) is 21.5 Å². The number of nitrogens with zero attached hydrogens (tertiary/aromatic N) is 1. The molecule has 3 nitrogen and oxygen atoms in total. The number of benzene rings is 1. The van der Waals surface area contributed by atoms with Gasteiger partial charge in [-0.3, -0.25) is 0 Å². The van der Waals surface area contributed by atoms with Gasteiger partial charge in [0, 0.05) is 6.07 Å². The summed E-state index contributed by atoms with van der Waals surface area (Å²) in [5.41, 5.74) is 6.58. The smallest absolute Gasteiger partial charge is 0.122 e. The second-order valence-corrected chi connectivity index (χ2v) is 2.98. The van der Waals surface area contributed by atoms with Gasteiger partial charge in [-0.15, -0.1) is 0 Å². The van der Waals surface area contributed by atoms with Crippen LogP contribution in [-0.2, 0) is 0 Å². The summed E-state index contributed by atoms with van der Waals surface area (Å²) < 4.78 is 5.56. The van der Waals surface area contributed by atoms with Crippen LogP contribution < -0.4 is 10.5 Å². The normalized spacial score (nSPS) is 9.08. The van der Waals surface area contributed by atoms with E-state index in [0.717, 1.165) is 0 Å². The Kier molecular flexibility index (Phi) is 2.56. The summed E-state index contributed by atoms with van der Waals surface area (Å²) in [5.74, 6) is 0.590. The van der Waals surface area contributed by atoms with Gasteiger partial charge in [0.25, 0.3) is 0 Å². The molecule has 0 fully saturated rings. The molecule has 0 amide bonds. The van der Waals surface area contributed by atoms with Crippen molar-refractivity contribution in [3.8, 4) is 11.8 Å². The van der Waals surface area contributed by atoms with Crippen LogP contribution in [0.5, 0.6) is 5.75 Å². The molecule has 0 aliphatic carbocycles. The van der Waals surface area contributed by atoms with Crippen molar-refractivity contribution < 1.29 is 4.74 Å². The number of ether oxygens (including phenoxy) is 1. The molecule has 0 bridgehead atoms. The SMILES string of the molecule is COc1cc(N)c(Br)c(C#N)c1. The van der Waals surface area contributed by atoms with E-state index in [4.69, 9.17) is 15.7 Å². The summed E-state index contributed by atoms with van der Waals surface area (Å²) in [7, 11) is 1.53. The summed E-state index contributed by atoms with van der Waals surface area (Å²) in [4.78, 5) is 0. The maximum absolute atomic E-state index is 8.67. The van der Waals surface area contributed by atoms with E-state index >= 15 is 0 Å². The standard InChI is InChI=1S/C8H7BrN2O/c1-12-6-2-5(4-10)8(9)7(11)3-6/h2-3H,11H2,1H3. The summed E-state index contributed by atoms with van der Waals surface area (Å²) in [6.07, 6.45) is 0. The summed E-state index contributed by atoms with van der Waals surface area (Å²) in [6, 6.07) is 5.29. The number of rotatable bonds is 1. The molecule has 62 valence electrons. The molecule has 0 aliphatic heterocycles. The molecule has 12 heavy (non-hydrogen) atoms. The zero-order valence-electron chi connectivity index (χ0n) is 6.47. The van der Waals surface area contributed by atoms with Gasteiger partial charge in [0.2, 0.25) is 0 Å². The van der Waals surface area contributed by atoms with Crippen molar-refractivity contribution in [2.24, 2.45) is 0 Å².